The predicted molar refractivity (Wildman–Crippen MR) is 64.3 cm³/mol. The van der Waals surface area contributed by atoms with Crippen LogP contribution in [0.15, 0.2) is 36.9 Å². The molecule has 3 nitrogen and oxygen atoms in total. The molecule has 0 saturated heterocycles. The average Bonchev–Trinajstić information content (AvgIpc) is 2.27. The van der Waals surface area contributed by atoms with E-state index in [4.69, 9.17) is 10.5 Å². The fraction of sp³-hybridized carbons (Fsp3) is 0.333. The van der Waals surface area contributed by atoms with E-state index in [1.165, 1.54) is 0 Å². The lowest BCUT2D eigenvalue weighted by Crippen LogP contribution is -2.13. The van der Waals surface area contributed by atoms with E-state index in [1.807, 2.05) is 30.3 Å². The van der Waals surface area contributed by atoms with Crippen LogP contribution in [0.4, 0.5) is 5.69 Å². The molecule has 0 unspecified atom stereocenters. The minimum Gasteiger partial charge on any atom is -0.493 e. The minimum atomic E-state index is 0.627. The van der Waals surface area contributed by atoms with Gasteiger partial charge in [0.05, 0.1) is 6.61 Å². The Bertz CT molecular complexity index is 299. The number of anilines is 1. The molecule has 0 radical (unpaired) electrons. The van der Waals surface area contributed by atoms with E-state index in [9.17, 15) is 0 Å². The molecule has 0 aliphatic rings. The lowest BCUT2D eigenvalue weighted by atomic mass is 10.3. The number of ether oxygens (including phenoxy) is 1. The minimum absolute atomic E-state index is 0.627. The molecule has 0 saturated carbocycles. The average molecular weight is 206 g/mol. The Morgan fingerprint density at radius 3 is 3.07 bits per heavy atom. The van der Waals surface area contributed by atoms with E-state index >= 15 is 0 Å². The van der Waals surface area contributed by atoms with Crippen LogP contribution < -0.4 is 15.8 Å². The van der Waals surface area contributed by atoms with Gasteiger partial charge in [0.2, 0.25) is 0 Å². The van der Waals surface area contributed by atoms with Crippen molar-refractivity contribution in [3.05, 3.63) is 36.9 Å². The predicted octanol–water partition coefficient (Wildman–Crippen LogP) is 2.01. The number of hydrogen-bond donors (Lipinski definition) is 2. The van der Waals surface area contributed by atoms with Gasteiger partial charge in [0.1, 0.15) is 5.75 Å². The summed E-state index contributed by atoms with van der Waals surface area (Å²) in [6.07, 6.45) is 2.71. The van der Waals surface area contributed by atoms with Gasteiger partial charge >= 0.3 is 0 Å². The van der Waals surface area contributed by atoms with E-state index in [1.54, 1.807) is 0 Å². The van der Waals surface area contributed by atoms with E-state index in [2.05, 4.69) is 11.9 Å². The molecule has 0 amide bonds. The number of hydrogen-bond acceptors (Lipinski definition) is 3. The van der Waals surface area contributed by atoms with Crippen LogP contribution in [0.3, 0.4) is 0 Å². The molecule has 1 rings (SSSR count). The van der Waals surface area contributed by atoms with Crippen LogP contribution in [0.1, 0.15) is 6.42 Å². The Hall–Kier alpha value is -1.48. The molecule has 0 spiro atoms. The highest BCUT2D eigenvalue weighted by molar-refractivity contribution is 5.48. The normalized spacial score (nSPS) is 9.67. The second-order valence-electron chi connectivity index (χ2n) is 3.17. The lowest BCUT2D eigenvalue weighted by Gasteiger charge is -2.08. The molecule has 1 aromatic rings. The topological polar surface area (TPSA) is 47.3 Å². The van der Waals surface area contributed by atoms with E-state index in [-0.39, 0.29) is 0 Å². The Kier molecular flexibility index (Phi) is 5.33. The van der Waals surface area contributed by atoms with E-state index < -0.39 is 0 Å². The van der Waals surface area contributed by atoms with Gasteiger partial charge in [-0.3, -0.25) is 0 Å². The standard InChI is InChI=1S/C12H18N2O/c1-2-3-9-15-12-6-4-5-11(10-12)14-8-7-13/h2,4-6,10,14H,1,3,7-9,13H2. The molecule has 0 fully saturated rings. The number of nitrogens with two attached hydrogens (primary N) is 1. The second kappa shape index (κ2) is 6.90. The van der Waals surface area contributed by atoms with Gasteiger partial charge in [-0.1, -0.05) is 12.1 Å². The quantitative estimate of drug-likeness (QED) is 0.530. The van der Waals surface area contributed by atoms with Crippen LogP contribution in [0.2, 0.25) is 0 Å². The first-order chi connectivity index (χ1) is 7.36. The molecule has 0 aromatic heterocycles. The van der Waals surface area contributed by atoms with Crippen LogP contribution in [0.25, 0.3) is 0 Å². The largest absolute Gasteiger partial charge is 0.493 e. The smallest absolute Gasteiger partial charge is 0.121 e. The van der Waals surface area contributed by atoms with Gasteiger partial charge in [-0.05, 0) is 18.6 Å². The monoisotopic (exact) mass is 206 g/mol. The van der Waals surface area contributed by atoms with Crippen LogP contribution in [-0.4, -0.2) is 19.7 Å². The highest BCUT2D eigenvalue weighted by atomic mass is 16.5. The Morgan fingerprint density at radius 1 is 1.47 bits per heavy atom. The summed E-state index contributed by atoms with van der Waals surface area (Å²) in [5.41, 5.74) is 6.45. The van der Waals surface area contributed by atoms with E-state index in [0.29, 0.717) is 13.2 Å². The van der Waals surface area contributed by atoms with Crippen molar-refractivity contribution in [2.24, 2.45) is 5.73 Å². The molecule has 0 aliphatic heterocycles. The molecule has 1 aromatic carbocycles. The summed E-state index contributed by atoms with van der Waals surface area (Å²) in [7, 11) is 0. The third kappa shape index (κ3) is 4.51. The van der Waals surface area contributed by atoms with Gasteiger partial charge in [0.25, 0.3) is 0 Å². The van der Waals surface area contributed by atoms with Crippen LogP contribution >= 0.6 is 0 Å². The second-order valence-corrected chi connectivity index (χ2v) is 3.17. The molecule has 0 heterocycles. The molecule has 15 heavy (non-hydrogen) atoms. The van der Waals surface area contributed by atoms with Gasteiger partial charge in [0.15, 0.2) is 0 Å². The van der Waals surface area contributed by atoms with Crippen molar-refractivity contribution >= 4 is 5.69 Å². The maximum atomic E-state index is 5.52. The van der Waals surface area contributed by atoms with Gasteiger partial charge < -0.3 is 15.8 Å². The molecule has 82 valence electrons. The third-order valence-electron chi connectivity index (χ3n) is 1.90. The van der Waals surface area contributed by atoms with Crippen molar-refractivity contribution < 1.29 is 4.74 Å². The van der Waals surface area contributed by atoms with Gasteiger partial charge in [0, 0.05) is 24.8 Å². The fourth-order valence-corrected chi connectivity index (χ4v) is 1.17. The summed E-state index contributed by atoms with van der Waals surface area (Å²) in [6, 6.07) is 7.87. The van der Waals surface area contributed by atoms with Crippen molar-refractivity contribution in [1.82, 2.24) is 0 Å². The van der Waals surface area contributed by atoms with Crippen LogP contribution in [0.5, 0.6) is 5.75 Å². The molecule has 0 bridgehead atoms. The third-order valence-corrected chi connectivity index (χ3v) is 1.90. The number of benzene rings is 1. The first-order valence-corrected chi connectivity index (χ1v) is 5.14. The fourth-order valence-electron chi connectivity index (χ4n) is 1.17. The summed E-state index contributed by atoms with van der Waals surface area (Å²) in [6.45, 7) is 5.71. The summed E-state index contributed by atoms with van der Waals surface area (Å²) in [5.74, 6) is 0.874. The highest BCUT2D eigenvalue weighted by Crippen LogP contribution is 2.17. The molecular formula is C12H18N2O. The zero-order valence-corrected chi connectivity index (χ0v) is 8.91. The zero-order chi connectivity index (χ0) is 10.9. The maximum absolute atomic E-state index is 5.52. The SMILES string of the molecule is C=CCCOc1cccc(NCCN)c1. The molecule has 3 heteroatoms. The van der Waals surface area contributed by atoms with Crippen LogP contribution in [0, 0.1) is 0 Å². The van der Waals surface area contributed by atoms with Crippen molar-refractivity contribution in [3.8, 4) is 5.75 Å². The van der Waals surface area contributed by atoms with Crippen LogP contribution in [-0.2, 0) is 0 Å². The first-order valence-electron chi connectivity index (χ1n) is 5.14. The Labute approximate surface area is 90.9 Å². The number of nitrogens with one attached hydrogen (secondary N) is 1. The van der Waals surface area contributed by atoms with Crippen molar-refractivity contribution in [3.63, 3.8) is 0 Å². The van der Waals surface area contributed by atoms with Crippen molar-refractivity contribution in [1.29, 1.82) is 0 Å². The summed E-state index contributed by atoms with van der Waals surface area (Å²) < 4.78 is 5.52. The van der Waals surface area contributed by atoms with Gasteiger partial charge in [-0.15, -0.1) is 6.58 Å². The zero-order valence-electron chi connectivity index (χ0n) is 8.91. The molecule has 3 N–H and O–H groups in total. The lowest BCUT2D eigenvalue weighted by molar-refractivity contribution is 0.325. The van der Waals surface area contributed by atoms with E-state index in [0.717, 1.165) is 24.4 Å². The van der Waals surface area contributed by atoms with Crippen molar-refractivity contribution in [2.75, 3.05) is 25.0 Å². The molecule has 0 aliphatic carbocycles. The summed E-state index contributed by atoms with van der Waals surface area (Å²) >= 11 is 0. The Balaban J connectivity index is 2.46. The van der Waals surface area contributed by atoms with Crippen molar-refractivity contribution in [2.45, 2.75) is 6.42 Å². The first kappa shape index (κ1) is 11.6. The summed E-state index contributed by atoms with van der Waals surface area (Å²) in [5, 5.41) is 3.20. The summed E-state index contributed by atoms with van der Waals surface area (Å²) in [4.78, 5) is 0. The van der Waals surface area contributed by atoms with Gasteiger partial charge in [-0.2, -0.15) is 0 Å². The molecular weight excluding hydrogens is 188 g/mol. The number of rotatable bonds is 7. The highest BCUT2D eigenvalue weighted by Gasteiger charge is 1.95. The van der Waals surface area contributed by atoms with Gasteiger partial charge in [-0.25, -0.2) is 0 Å². The Morgan fingerprint density at radius 2 is 2.33 bits per heavy atom. The molecule has 0 atom stereocenters. The maximum Gasteiger partial charge on any atom is 0.121 e.